The van der Waals surface area contributed by atoms with Crippen LogP contribution in [0.2, 0.25) is 0 Å². The smallest absolute Gasteiger partial charge is 0.304 e. The highest BCUT2D eigenvalue weighted by Gasteiger charge is 2.02. The molecule has 0 fully saturated rings. The molecule has 0 aromatic heterocycles. The van der Waals surface area contributed by atoms with Gasteiger partial charge in [-0.1, -0.05) is 18.8 Å². The van der Waals surface area contributed by atoms with Crippen LogP contribution in [0.25, 0.3) is 0 Å². The third-order valence-electron chi connectivity index (χ3n) is 2.03. The Labute approximate surface area is 95.1 Å². The number of hydrogen-bond acceptors (Lipinski definition) is 2. The van der Waals surface area contributed by atoms with Crippen molar-refractivity contribution in [1.29, 1.82) is 0 Å². The molecule has 0 aliphatic heterocycles. The summed E-state index contributed by atoms with van der Waals surface area (Å²) in [5.74, 6) is 5.65. The fourth-order valence-corrected chi connectivity index (χ4v) is 1.19. The predicted octanol–water partition coefficient (Wildman–Crippen LogP) is 2.16. The van der Waals surface area contributed by atoms with Gasteiger partial charge in [-0.15, -0.1) is 0 Å². The minimum Gasteiger partial charge on any atom is -0.497 e. The Morgan fingerprint density at radius 3 is 2.56 bits per heavy atom. The minimum atomic E-state index is -0.823. The molecule has 1 rings (SSSR count). The minimum absolute atomic E-state index is 0.0726. The summed E-state index contributed by atoms with van der Waals surface area (Å²) >= 11 is 0. The lowest BCUT2D eigenvalue weighted by Gasteiger charge is -1.99. The van der Waals surface area contributed by atoms with Crippen molar-refractivity contribution in [2.24, 2.45) is 5.92 Å². The van der Waals surface area contributed by atoms with E-state index in [0.717, 1.165) is 11.3 Å². The van der Waals surface area contributed by atoms with Crippen LogP contribution in [0.1, 0.15) is 18.9 Å². The van der Waals surface area contributed by atoms with Gasteiger partial charge in [0.1, 0.15) is 5.75 Å². The normalized spacial score (nSPS) is 11.1. The Balaban J connectivity index is 2.65. The fraction of sp³-hybridized carbons (Fsp3) is 0.308. The molecule has 0 spiro atoms. The molecular formula is C13H14O3. The Bertz CT molecular complexity index is 409. The van der Waals surface area contributed by atoms with Gasteiger partial charge in [-0.3, -0.25) is 4.79 Å². The number of methoxy groups -OCH3 is 1. The molecule has 0 heterocycles. The van der Waals surface area contributed by atoms with Gasteiger partial charge in [-0.05, 0) is 24.3 Å². The first-order valence-corrected chi connectivity index (χ1v) is 4.99. The number of ether oxygens (including phenoxy) is 1. The summed E-state index contributed by atoms with van der Waals surface area (Å²) < 4.78 is 5.02. The monoisotopic (exact) mass is 218 g/mol. The Kier molecular flexibility index (Phi) is 4.41. The quantitative estimate of drug-likeness (QED) is 0.791. The fourth-order valence-electron chi connectivity index (χ4n) is 1.19. The molecule has 16 heavy (non-hydrogen) atoms. The number of rotatable bonds is 3. The van der Waals surface area contributed by atoms with Crippen molar-refractivity contribution >= 4 is 5.97 Å². The van der Waals surface area contributed by atoms with Crippen LogP contribution in [-0.2, 0) is 4.79 Å². The van der Waals surface area contributed by atoms with Crippen molar-refractivity contribution in [2.75, 3.05) is 7.11 Å². The zero-order chi connectivity index (χ0) is 12.0. The van der Waals surface area contributed by atoms with E-state index in [0.29, 0.717) is 0 Å². The van der Waals surface area contributed by atoms with Crippen LogP contribution in [0, 0.1) is 17.8 Å². The summed E-state index contributed by atoms with van der Waals surface area (Å²) in [4.78, 5) is 10.4. The Morgan fingerprint density at radius 2 is 2.06 bits per heavy atom. The van der Waals surface area contributed by atoms with E-state index >= 15 is 0 Å². The number of aliphatic carboxylic acids is 1. The molecule has 84 valence electrons. The van der Waals surface area contributed by atoms with Crippen LogP contribution in [0.15, 0.2) is 24.3 Å². The van der Waals surface area contributed by atoms with E-state index in [2.05, 4.69) is 11.8 Å². The summed E-state index contributed by atoms with van der Waals surface area (Å²) in [6, 6.07) is 7.34. The second-order valence-electron chi connectivity index (χ2n) is 3.50. The standard InChI is InChI=1S/C13H14O3/c1-10(9-13(14)15)3-4-11-5-7-12(16-2)8-6-11/h5-8,10H,9H2,1-2H3,(H,14,15). The lowest BCUT2D eigenvalue weighted by Crippen LogP contribution is -2.01. The van der Waals surface area contributed by atoms with Gasteiger partial charge in [-0.25, -0.2) is 0 Å². The van der Waals surface area contributed by atoms with Crippen molar-refractivity contribution in [3.8, 4) is 17.6 Å². The number of carbonyl (C=O) groups is 1. The van der Waals surface area contributed by atoms with Crippen molar-refractivity contribution in [3.05, 3.63) is 29.8 Å². The van der Waals surface area contributed by atoms with Gasteiger partial charge < -0.3 is 9.84 Å². The van der Waals surface area contributed by atoms with E-state index in [1.54, 1.807) is 14.0 Å². The van der Waals surface area contributed by atoms with Gasteiger partial charge >= 0.3 is 5.97 Å². The largest absolute Gasteiger partial charge is 0.497 e. The van der Waals surface area contributed by atoms with Crippen molar-refractivity contribution < 1.29 is 14.6 Å². The first kappa shape index (κ1) is 12.1. The zero-order valence-corrected chi connectivity index (χ0v) is 9.36. The molecule has 1 aromatic rings. The lowest BCUT2D eigenvalue weighted by atomic mass is 10.1. The van der Waals surface area contributed by atoms with E-state index < -0.39 is 5.97 Å². The molecule has 0 saturated carbocycles. The highest BCUT2D eigenvalue weighted by Crippen LogP contribution is 2.10. The molecular weight excluding hydrogens is 204 g/mol. The van der Waals surface area contributed by atoms with E-state index in [9.17, 15) is 4.79 Å². The lowest BCUT2D eigenvalue weighted by molar-refractivity contribution is -0.137. The third-order valence-corrected chi connectivity index (χ3v) is 2.03. The summed E-state index contributed by atoms with van der Waals surface area (Å²) in [5.41, 5.74) is 0.859. The molecule has 1 atom stereocenters. The second kappa shape index (κ2) is 5.82. The average Bonchev–Trinajstić information content (AvgIpc) is 2.26. The molecule has 0 aliphatic rings. The van der Waals surface area contributed by atoms with Gasteiger partial charge in [0.15, 0.2) is 0 Å². The van der Waals surface area contributed by atoms with E-state index in [1.807, 2.05) is 24.3 Å². The van der Waals surface area contributed by atoms with Crippen LogP contribution >= 0.6 is 0 Å². The van der Waals surface area contributed by atoms with E-state index in [1.165, 1.54) is 0 Å². The highest BCUT2D eigenvalue weighted by atomic mass is 16.5. The number of benzene rings is 1. The van der Waals surface area contributed by atoms with Crippen LogP contribution in [-0.4, -0.2) is 18.2 Å². The summed E-state index contributed by atoms with van der Waals surface area (Å²) in [5, 5.41) is 8.57. The maximum absolute atomic E-state index is 10.4. The van der Waals surface area contributed by atoms with Gasteiger partial charge in [-0.2, -0.15) is 0 Å². The highest BCUT2D eigenvalue weighted by molar-refractivity contribution is 5.67. The van der Waals surface area contributed by atoms with Gasteiger partial charge in [0, 0.05) is 11.5 Å². The summed E-state index contributed by atoms with van der Waals surface area (Å²) in [7, 11) is 1.61. The van der Waals surface area contributed by atoms with Crippen molar-refractivity contribution in [1.82, 2.24) is 0 Å². The average molecular weight is 218 g/mol. The van der Waals surface area contributed by atoms with Crippen molar-refractivity contribution in [3.63, 3.8) is 0 Å². The van der Waals surface area contributed by atoms with Crippen LogP contribution in [0.4, 0.5) is 0 Å². The van der Waals surface area contributed by atoms with Crippen LogP contribution in [0.5, 0.6) is 5.75 Å². The molecule has 1 aromatic carbocycles. The Morgan fingerprint density at radius 1 is 1.44 bits per heavy atom. The second-order valence-corrected chi connectivity index (χ2v) is 3.50. The number of carboxylic acids is 1. The molecule has 0 amide bonds. The first-order chi connectivity index (χ1) is 7.61. The third kappa shape index (κ3) is 4.05. The van der Waals surface area contributed by atoms with Gasteiger partial charge in [0.25, 0.3) is 0 Å². The zero-order valence-electron chi connectivity index (χ0n) is 9.36. The topological polar surface area (TPSA) is 46.5 Å². The van der Waals surface area contributed by atoms with E-state index in [4.69, 9.17) is 9.84 Å². The summed E-state index contributed by atoms with van der Waals surface area (Å²) in [6.45, 7) is 1.80. The molecule has 0 radical (unpaired) electrons. The molecule has 3 nitrogen and oxygen atoms in total. The Hall–Kier alpha value is -1.95. The molecule has 1 N–H and O–H groups in total. The van der Waals surface area contributed by atoms with Gasteiger partial charge in [0.2, 0.25) is 0 Å². The first-order valence-electron chi connectivity index (χ1n) is 4.99. The molecule has 0 aliphatic carbocycles. The van der Waals surface area contributed by atoms with Crippen molar-refractivity contribution in [2.45, 2.75) is 13.3 Å². The maximum Gasteiger partial charge on any atom is 0.304 e. The predicted molar refractivity (Wildman–Crippen MR) is 61.3 cm³/mol. The maximum atomic E-state index is 10.4. The van der Waals surface area contributed by atoms with Gasteiger partial charge in [0.05, 0.1) is 13.5 Å². The molecule has 0 saturated heterocycles. The molecule has 1 unspecified atom stereocenters. The SMILES string of the molecule is COc1ccc(C#CC(C)CC(=O)O)cc1. The summed E-state index contributed by atoms with van der Waals surface area (Å²) in [6.07, 6.45) is 0.0726. The van der Waals surface area contributed by atoms with E-state index in [-0.39, 0.29) is 12.3 Å². The van der Waals surface area contributed by atoms with Crippen LogP contribution in [0.3, 0.4) is 0 Å². The van der Waals surface area contributed by atoms with Crippen LogP contribution < -0.4 is 4.74 Å². The number of hydrogen-bond donors (Lipinski definition) is 1. The molecule has 0 bridgehead atoms. The number of carboxylic acid groups (broad SMARTS) is 1. The molecule has 3 heteroatoms.